The van der Waals surface area contributed by atoms with Crippen LogP contribution in [0.15, 0.2) is 24.3 Å². The topological polar surface area (TPSA) is 19.0 Å². The summed E-state index contributed by atoms with van der Waals surface area (Å²) < 4.78 is 15.7. The predicted octanol–water partition coefficient (Wildman–Crippen LogP) is 3.64. The lowest BCUT2D eigenvalue weighted by atomic mass is 10.0. The molecule has 1 aromatic carbocycles. The number of benzene rings is 1. The Morgan fingerprint density at radius 1 is 1.39 bits per heavy atom. The fourth-order valence-corrected chi connectivity index (χ4v) is 2.72. The van der Waals surface area contributed by atoms with Crippen LogP contribution in [-0.4, -0.2) is 15.9 Å². The maximum Gasteiger partial charge on any atom is 0.132 e. The Labute approximate surface area is 110 Å². The Balaban J connectivity index is 2.08. The van der Waals surface area contributed by atoms with E-state index in [2.05, 4.69) is 4.98 Å². The van der Waals surface area contributed by atoms with Gasteiger partial charge in [0, 0.05) is 36.5 Å². The molecule has 0 unspecified atom stereocenters. The molecule has 0 radical (unpaired) electrons. The van der Waals surface area contributed by atoms with Gasteiger partial charge in [0.05, 0.1) is 0 Å². The molecule has 0 aliphatic carbocycles. The molecule has 1 N–H and O–H groups in total. The van der Waals surface area contributed by atoms with Crippen LogP contribution in [0.3, 0.4) is 0 Å². The standard InChI is InChI=1S/C14H14ClFN2/c1-9-3-2-4-11(16)14(9)13-7-10-8-18(15)6-5-12(10)17-13/h2-4,7,17H,5-6,8H2,1H3. The van der Waals surface area contributed by atoms with Crippen molar-refractivity contribution in [3.8, 4) is 11.3 Å². The van der Waals surface area contributed by atoms with Crippen LogP contribution in [0, 0.1) is 12.7 Å². The highest BCUT2D eigenvalue weighted by atomic mass is 35.5. The Bertz CT molecular complexity index is 571. The number of aromatic nitrogens is 1. The van der Waals surface area contributed by atoms with Crippen molar-refractivity contribution in [1.82, 2.24) is 9.40 Å². The fourth-order valence-electron chi connectivity index (χ4n) is 2.51. The second-order valence-electron chi connectivity index (χ2n) is 4.71. The van der Waals surface area contributed by atoms with Gasteiger partial charge in [-0.3, -0.25) is 0 Å². The first-order valence-electron chi connectivity index (χ1n) is 6.02. The van der Waals surface area contributed by atoms with Crippen molar-refractivity contribution in [2.75, 3.05) is 6.54 Å². The third kappa shape index (κ3) is 1.93. The average molecular weight is 265 g/mol. The van der Waals surface area contributed by atoms with Crippen LogP contribution in [0.5, 0.6) is 0 Å². The van der Waals surface area contributed by atoms with Crippen LogP contribution in [-0.2, 0) is 13.0 Å². The Morgan fingerprint density at radius 2 is 2.22 bits per heavy atom. The number of nitrogens with one attached hydrogen (secondary N) is 1. The zero-order valence-corrected chi connectivity index (χ0v) is 10.9. The van der Waals surface area contributed by atoms with E-state index in [4.69, 9.17) is 11.8 Å². The number of aromatic amines is 1. The third-order valence-electron chi connectivity index (χ3n) is 3.43. The van der Waals surface area contributed by atoms with Gasteiger partial charge in [0.15, 0.2) is 0 Å². The van der Waals surface area contributed by atoms with Gasteiger partial charge in [-0.1, -0.05) is 12.1 Å². The minimum atomic E-state index is -0.184. The van der Waals surface area contributed by atoms with Gasteiger partial charge in [0.25, 0.3) is 0 Å². The summed E-state index contributed by atoms with van der Waals surface area (Å²) in [6.45, 7) is 3.46. The lowest BCUT2D eigenvalue weighted by Gasteiger charge is -2.18. The molecule has 0 spiro atoms. The van der Waals surface area contributed by atoms with Gasteiger partial charge in [-0.15, -0.1) is 0 Å². The molecule has 0 saturated carbocycles. The third-order valence-corrected chi connectivity index (χ3v) is 3.72. The van der Waals surface area contributed by atoms with Crippen LogP contribution in [0.4, 0.5) is 4.39 Å². The minimum Gasteiger partial charge on any atom is -0.358 e. The maximum absolute atomic E-state index is 13.9. The summed E-state index contributed by atoms with van der Waals surface area (Å²) in [5.74, 6) is -0.184. The second kappa shape index (κ2) is 4.41. The molecule has 0 atom stereocenters. The van der Waals surface area contributed by atoms with Gasteiger partial charge in [-0.25, -0.2) is 8.81 Å². The summed E-state index contributed by atoms with van der Waals surface area (Å²) in [5, 5.41) is 0. The van der Waals surface area contributed by atoms with Gasteiger partial charge < -0.3 is 4.98 Å². The summed E-state index contributed by atoms with van der Waals surface area (Å²) in [6.07, 6.45) is 0.881. The van der Waals surface area contributed by atoms with Crippen molar-refractivity contribution in [3.63, 3.8) is 0 Å². The summed E-state index contributed by atoms with van der Waals surface area (Å²) >= 11 is 6.01. The molecular formula is C14H14ClFN2. The Kier molecular flexibility index (Phi) is 2.88. The number of halogens is 2. The van der Waals surface area contributed by atoms with Crippen molar-refractivity contribution >= 4 is 11.8 Å². The van der Waals surface area contributed by atoms with Gasteiger partial charge in [0.2, 0.25) is 0 Å². The summed E-state index contributed by atoms with van der Waals surface area (Å²) in [4.78, 5) is 3.33. The molecular weight excluding hydrogens is 251 g/mol. The van der Waals surface area contributed by atoms with E-state index in [1.807, 2.05) is 19.1 Å². The highest BCUT2D eigenvalue weighted by Gasteiger charge is 2.19. The summed E-state index contributed by atoms with van der Waals surface area (Å²) in [5.41, 5.74) is 4.78. The number of nitrogens with zero attached hydrogens (tertiary/aromatic N) is 1. The highest BCUT2D eigenvalue weighted by molar-refractivity contribution is 6.13. The van der Waals surface area contributed by atoms with Gasteiger partial charge in [-0.2, -0.15) is 0 Å². The molecule has 2 nitrogen and oxygen atoms in total. The number of aryl methyl sites for hydroxylation is 1. The minimum absolute atomic E-state index is 0.184. The monoisotopic (exact) mass is 264 g/mol. The molecule has 0 saturated heterocycles. The van der Waals surface area contributed by atoms with Gasteiger partial charge in [-0.05, 0) is 42.0 Å². The average Bonchev–Trinajstić information content (AvgIpc) is 2.71. The van der Waals surface area contributed by atoms with Gasteiger partial charge in [0.1, 0.15) is 5.82 Å². The van der Waals surface area contributed by atoms with E-state index >= 15 is 0 Å². The fraction of sp³-hybridized carbons (Fsp3) is 0.286. The van der Waals surface area contributed by atoms with E-state index in [0.29, 0.717) is 12.1 Å². The van der Waals surface area contributed by atoms with Crippen molar-refractivity contribution in [2.45, 2.75) is 19.9 Å². The molecule has 0 amide bonds. The molecule has 94 valence electrons. The summed E-state index contributed by atoms with van der Waals surface area (Å²) in [6, 6.07) is 7.16. The van der Waals surface area contributed by atoms with E-state index in [9.17, 15) is 4.39 Å². The molecule has 18 heavy (non-hydrogen) atoms. The zero-order chi connectivity index (χ0) is 12.7. The highest BCUT2D eigenvalue weighted by Crippen LogP contribution is 2.30. The normalized spacial score (nSPS) is 15.7. The number of hydrogen-bond acceptors (Lipinski definition) is 1. The molecule has 0 fully saturated rings. The van der Waals surface area contributed by atoms with Crippen molar-refractivity contribution in [3.05, 3.63) is 46.9 Å². The molecule has 1 aliphatic rings. The van der Waals surface area contributed by atoms with Crippen molar-refractivity contribution in [1.29, 1.82) is 0 Å². The van der Waals surface area contributed by atoms with Crippen molar-refractivity contribution in [2.24, 2.45) is 0 Å². The molecule has 2 heterocycles. The molecule has 1 aliphatic heterocycles. The second-order valence-corrected chi connectivity index (χ2v) is 5.19. The largest absolute Gasteiger partial charge is 0.358 e. The van der Waals surface area contributed by atoms with Crippen LogP contribution >= 0.6 is 11.8 Å². The predicted molar refractivity (Wildman–Crippen MR) is 70.9 cm³/mol. The van der Waals surface area contributed by atoms with Crippen LogP contribution in [0.1, 0.15) is 16.8 Å². The lowest BCUT2D eigenvalue weighted by Crippen LogP contribution is -2.21. The van der Waals surface area contributed by atoms with E-state index in [0.717, 1.165) is 29.8 Å². The molecule has 1 aromatic heterocycles. The molecule has 4 heteroatoms. The lowest BCUT2D eigenvalue weighted by molar-refractivity contribution is 0.427. The smallest absolute Gasteiger partial charge is 0.132 e. The number of hydrogen-bond donors (Lipinski definition) is 1. The Hall–Kier alpha value is -1.32. The summed E-state index contributed by atoms with van der Waals surface area (Å²) in [7, 11) is 0. The van der Waals surface area contributed by atoms with E-state index in [1.165, 1.54) is 11.8 Å². The number of H-pyrrole nitrogens is 1. The van der Waals surface area contributed by atoms with Crippen LogP contribution in [0.25, 0.3) is 11.3 Å². The number of rotatable bonds is 1. The SMILES string of the molecule is Cc1cccc(F)c1-c1cc2c([nH]1)CCN(Cl)C2. The molecule has 2 aromatic rings. The van der Waals surface area contributed by atoms with Crippen LogP contribution in [0.2, 0.25) is 0 Å². The molecule has 3 rings (SSSR count). The molecule has 0 bridgehead atoms. The van der Waals surface area contributed by atoms with Crippen molar-refractivity contribution < 1.29 is 4.39 Å². The van der Waals surface area contributed by atoms with E-state index in [1.54, 1.807) is 10.5 Å². The van der Waals surface area contributed by atoms with Crippen LogP contribution < -0.4 is 0 Å². The first-order valence-corrected chi connectivity index (χ1v) is 6.36. The Morgan fingerprint density at radius 3 is 3.00 bits per heavy atom. The first kappa shape index (κ1) is 11.8. The quantitative estimate of drug-likeness (QED) is 0.779. The van der Waals surface area contributed by atoms with Gasteiger partial charge >= 0.3 is 0 Å². The number of fused-ring (bicyclic) bond motifs is 1. The van der Waals surface area contributed by atoms with E-state index < -0.39 is 0 Å². The van der Waals surface area contributed by atoms with E-state index in [-0.39, 0.29) is 5.82 Å². The maximum atomic E-state index is 13.9. The first-order chi connectivity index (χ1) is 8.65. The zero-order valence-electron chi connectivity index (χ0n) is 10.1.